The van der Waals surface area contributed by atoms with Gasteiger partial charge in [-0.05, 0) is 41.5 Å². The summed E-state index contributed by atoms with van der Waals surface area (Å²) in [6.45, 7) is 0.146. The molecule has 9 nitrogen and oxygen atoms in total. The highest BCUT2D eigenvalue weighted by Crippen LogP contribution is 2.29. The molecular weight excluding hydrogens is 537 g/mol. The first kappa shape index (κ1) is 28.9. The van der Waals surface area contributed by atoms with Gasteiger partial charge in [0.25, 0.3) is 11.8 Å². The van der Waals surface area contributed by atoms with Crippen LogP contribution in [-0.2, 0) is 23.9 Å². The monoisotopic (exact) mass is 564 g/mol. The van der Waals surface area contributed by atoms with E-state index >= 15 is 0 Å². The van der Waals surface area contributed by atoms with Crippen molar-refractivity contribution >= 4 is 23.5 Å². The van der Waals surface area contributed by atoms with Crippen LogP contribution in [-0.4, -0.2) is 40.6 Å². The van der Waals surface area contributed by atoms with Gasteiger partial charge < -0.3 is 21.7 Å². The van der Waals surface area contributed by atoms with Gasteiger partial charge in [-0.15, -0.1) is 0 Å². The summed E-state index contributed by atoms with van der Waals surface area (Å²) >= 11 is 0. The lowest BCUT2D eigenvalue weighted by Gasteiger charge is -2.18. The van der Waals surface area contributed by atoms with Crippen molar-refractivity contribution in [3.8, 4) is 5.69 Å². The summed E-state index contributed by atoms with van der Waals surface area (Å²) in [6, 6.07) is 18.9. The molecule has 0 aliphatic heterocycles. The van der Waals surface area contributed by atoms with Crippen LogP contribution in [0, 0.1) is 0 Å². The first-order valence-electron chi connectivity index (χ1n) is 12.5. The predicted molar refractivity (Wildman–Crippen MR) is 146 cm³/mol. The van der Waals surface area contributed by atoms with Crippen molar-refractivity contribution in [3.05, 3.63) is 113 Å². The maximum absolute atomic E-state index is 13.1. The van der Waals surface area contributed by atoms with Crippen molar-refractivity contribution in [1.82, 2.24) is 25.7 Å². The SMILES string of the molecule is CNC(=O)[C@H](Cc1cccc(C(F)(F)F)c1)NC(=O)c1ccc(CNC(=O)c2cnn(-c3ccccc3)c2N)cc1. The fourth-order valence-electron chi connectivity index (χ4n) is 4.09. The molecule has 0 bridgehead atoms. The van der Waals surface area contributed by atoms with Crippen molar-refractivity contribution in [2.45, 2.75) is 25.2 Å². The summed E-state index contributed by atoms with van der Waals surface area (Å²) in [5, 5.41) is 11.9. The second-order valence-electron chi connectivity index (χ2n) is 9.11. The summed E-state index contributed by atoms with van der Waals surface area (Å²) in [7, 11) is 1.37. The number of likely N-dealkylation sites (N-methyl/N-ethyl adjacent to an activating group) is 1. The third-order valence-corrected chi connectivity index (χ3v) is 6.28. The molecule has 1 heterocycles. The fraction of sp³-hybridized carbons (Fsp3) is 0.172. The Balaban J connectivity index is 1.37. The number of carbonyl (C=O) groups is 3. The summed E-state index contributed by atoms with van der Waals surface area (Å²) in [5.41, 5.74) is 7.37. The second-order valence-corrected chi connectivity index (χ2v) is 9.11. The summed E-state index contributed by atoms with van der Waals surface area (Å²) < 4.78 is 40.7. The minimum Gasteiger partial charge on any atom is -0.383 e. The number of aromatic nitrogens is 2. The van der Waals surface area contributed by atoms with Crippen molar-refractivity contribution < 1.29 is 27.6 Å². The topological polar surface area (TPSA) is 131 Å². The van der Waals surface area contributed by atoms with Crippen molar-refractivity contribution in [2.75, 3.05) is 12.8 Å². The van der Waals surface area contributed by atoms with E-state index in [1.807, 2.05) is 30.3 Å². The van der Waals surface area contributed by atoms with E-state index in [1.54, 1.807) is 12.1 Å². The van der Waals surface area contributed by atoms with Crippen LogP contribution in [0.2, 0.25) is 0 Å². The maximum Gasteiger partial charge on any atom is 0.416 e. The number of para-hydroxylation sites is 1. The largest absolute Gasteiger partial charge is 0.416 e. The number of nitrogens with two attached hydrogens (primary N) is 1. The quantitative estimate of drug-likeness (QED) is 0.247. The molecule has 4 aromatic rings. The van der Waals surface area contributed by atoms with E-state index in [2.05, 4.69) is 21.0 Å². The van der Waals surface area contributed by atoms with Gasteiger partial charge >= 0.3 is 6.18 Å². The Kier molecular flexibility index (Phi) is 8.71. The average Bonchev–Trinajstić information content (AvgIpc) is 3.36. The lowest BCUT2D eigenvalue weighted by molar-refractivity contribution is -0.137. The number of nitrogens with zero attached hydrogens (tertiary/aromatic N) is 2. The number of amides is 3. The highest BCUT2D eigenvalue weighted by atomic mass is 19.4. The van der Waals surface area contributed by atoms with E-state index in [-0.39, 0.29) is 35.5 Å². The Morgan fingerprint density at radius 1 is 0.927 bits per heavy atom. The van der Waals surface area contributed by atoms with Gasteiger partial charge in [0.05, 0.1) is 17.4 Å². The smallest absolute Gasteiger partial charge is 0.383 e. The van der Waals surface area contributed by atoms with Crippen molar-refractivity contribution in [3.63, 3.8) is 0 Å². The molecule has 41 heavy (non-hydrogen) atoms. The zero-order valence-corrected chi connectivity index (χ0v) is 21.9. The Morgan fingerprint density at radius 3 is 2.29 bits per heavy atom. The Labute approximate surface area is 233 Å². The second kappa shape index (κ2) is 12.4. The fourth-order valence-corrected chi connectivity index (χ4v) is 4.09. The van der Waals surface area contributed by atoms with Gasteiger partial charge in [-0.3, -0.25) is 14.4 Å². The van der Waals surface area contributed by atoms with Crippen LogP contribution in [0.25, 0.3) is 5.69 Å². The summed E-state index contributed by atoms with van der Waals surface area (Å²) in [6.07, 6.45) is -3.28. The number of benzene rings is 3. The molecule has 5 N–H and O–H groups in total. The van der Waals surface area contributed by atoms with E-state index in [4.69, 9.17) is 5.73 Å². The van der Waals surface area contributed by atoms with Crippen LogP contribution in [0.1, 0.15) is 37.4 Å². The molecular formula is C29H27F3N6O3. The molecule has 0 spiro atoms. The van der Waals surface area contributed by atoms with Crippen molar-refractivity contribution in [1.29, 1.82) is 0 Å². The molecule has 1 atom stereocenters. The van der Waals surface area contributed by atoms with E-state index in [0.29, 0.717) is 11.3 Å². The normalized spacial score (nSPS) is 11.9. The van der Waals surface area contributed by atoms with Gasteiger partial charge in [0.1, 0.15) is 17.4 Å². The summed E-state index contributed by atoms with van der Waals surface area (Å²) in [4.78, 5) is 37.9. The third-order valence-electron chi connectivity index (χ3n) is 6.28. The Bertz CT molecular complexity index is 1540. The number of nitrogen functional groups attached to an aromatic ring is 1. The van der Waals surface area contributed by atoms with Gasteiger partial charge in [-0.1, -0.05) is 48.5 Å². The molecule has 0 unspecified atom stereocenters. The molecule has 0 saturated heterocycles. The molecule has 1 aromatic heterocycles. The Morgan fingerprint density at radius 2 is 1.63 bits per heavy atom. The molecule has 0 saturated carbocycles. The third kappa shape index (κ3) is 7.10. The molecule has 0 aliphatic carbocycles. The van der Waals surface area contributed by atoms with Gasteiger partial charge in [-0.25, -0.2) is 4.68 Å². The van der Waals surface area contributed by atoms with Gasteiger partial charge in [0.15, 0.2) is 0 Å². The number of hydrogen-bond acceptors (Lipinski definition) is 5. The predicted octanol–water partition coefficient (Wildman–Crippen LogP) is 3.49. The van der Waals surface area contributed by atoms with Gasteiger partial charge in [0.2, 0.25) is 5.91 Å². The lowest BCUT2D eigenvalue weighted by Crippen LogP contribution is -2.47. The van der Waals surface area contributed by atoms with E-state index in [1.165, 1.54) is 42.2 Å². The molecule has 3 aromatic carbocycles. The number of hydrogen-bond donors (Lipinski definition) is 4. The molecule has 0 fully saturated rings. The van der Waals surface area contributed by atoms with Crippen LogP contribution in [0.15, 0.2) is 85.1 Å². The van der Waals surface area contributed by atoms with Crippen LogP contribution in [0.3, 0.4) is 0 Å². The molecule has 212 valence electrons. The lowest BCUT2D eigenvalue weighted by atomic mass is 10.0. The van der Waals surface area contributed by atoms with Crippen LogP contribution in [0.5, 0.6) is 0 Å². The number of anilines is 1. The standard InChI is InChI=1S/C29H27F3N6O3/c1-34-28(41)24(15-19-6-5-7-21(14-19)29(30,31)32)37-26(39)20-12-10-18(11-13-20)16-35-27(40)23-17-36-38(25(23)33)22-8-3-2-4-9-22/h2-14,17,24H,15-16,33H2,1H3,(H,34,41)(H,35,40)(H,37,39)/t24-/m0/s1. The van der Waals surface area contributed by atoms with E-state index in [9.17, 15) is 27.6 Å². The van der Waals surface area contributed by atoms with E-state index in [0.717, 1.165) is 12.1 Å². The molecule has 4 rings (SSSR count). The summed E-state index contributed by atoms with van der Waals surface area (Å²) in [5.74, 6) is -1.36. The zero-order valence-electron chi connectivity index (χ0n) is 21.9. The minimum atomic E-state index is -4.53. The first-order chi connectivity index (χ1) is 19.6. The number of alkyl halides is 3. The number of carbonyl (C=O) groups excluding carboxylic acids is 3. The molecule has 0 radical (unpaired) electrons. The van der Waals surface area contributed by atoms with Crippen molar-refractivity contribution in [2.24, 2.45) is 0 Å². The minimum absolute atomic E-state index is 0.135. The first-order valence-corrected chi connectivity index (χ1v) is 12.5. The number of nitrogens with one attached hydrogen (secondary N) is 3. The van der Waals surface area contributed by atoms with Crippen LogP contribution >= 0.6 is 0 Å². The molecule has 0 aliphatic rings. The number of rotatable bonds is 9. The highest BCUT2D eigenvalue weighted by Gasteiger charge is 2.31. The maximum atomic E-state index is 13.1. The van der Waals surface area contributed by atoms with E-state index < -0.39 is 35.5 Å². The van der Waals surface area contributed by atoms with Gasteiger partial charge in [-0.2, -0.15) is 18.3 Å². The van der Waals surface area contributed by atoms with Gasteiger partial charge in [0, 0.05) is 25.6 Å². The van der Waals surface area contributed by atoms with Crippen LogP contribution < -0.4 is 21.7 Å². The van der Waals surface area contributed by atoms with Crippen LogP contribution in [0.4, 0.5) is 19.0 Å². The zero-order chi connectivity index (χ0) is 29.6. The molecule has 3 amide bonds. The Hall–Kier alpha value is -5.13. The molecule has 12 heteroatoms. The highest BCUT2D eigenvalue weighted by molar-refractivity contribution is 5.99. The number of halogens is 3. The average molecular weight is 565 g/mol.